The smallest absolute Gasteiger partial charge is 0.416 e. The number of aryl methyl sites for hydroxylation is 1. The third kappa shape index (κ3) is 4.95. The maximum atomic E-state index is 14.0. The molecule has 0 spiro atoms. The van der Waals surface area contributed by atoms with Crippen LogP contribution in [0.15, 0.2) is 54.7 Å². The first-order chi connectivity index (χ1) is 18.4. The molecule has 1 amide bonds. The number of nitrogens with zero attached hydrogens (tertiary/aromatic N) is 3. The number of aromatic amines is 1. The van der Waals surface area contributed by atoms with Gasteiger partial charge in [0.1, 0.15) is 17.4 Å². The zero-order valence-corrected chi connectivity index (χ0v) is 20.5. The van der Waals surface area contributed by atoms with Crippen LogP contribution in [-0.4, -0.2) is 25.9 Å². The molecule has 3 aromatic carbocycles. The topological polar surface area (TPSA) is 111 Å². The quantitative estimate of drug-likeness (QED) is 0.211. The number of rotatable bonds is 5. The molecule has 5 aromatic rings. The number of hydrogen-bond donors (Lipinski definition) is 3. The third-order valence-electron chi connectivity index (χ3n) is 5.76. The first kappa shape index (κ1) is 26.0. The second-order valence-electron chi connectivity index (χ2n) is 8.36. The second-order valence-corrected chi connectivity index (χ2v) is 8.76. The van der Waals surface area contributed by atoms with Crippen LogP contribution in [0, 0.1) is 11.6 Å². The molecule has 0 radical (unpaired) electrons. The Kier molecular flexibility index (Phi) is 6.38. The predicted octanol–water partition coefficient (Wildman–Crippen LogP) is 6.54. The van der Waals surface area contributed by atoms with Crippen molar-refractivity contribution in [2.75, 3.05) is 11.1 Å². The lowest BCUT2D eigenvalue weighted by molar-refractivity contribution is -0.137. The molecule has 0 bridgehead atoms. The molecule has 2 heterocycles. The lowest BCUT2D eigenvalue weighted by atomic mass is 10.0. The molecule has 200 valence electrons. The van der Waals surface area contributed by atoms with Crippen molar-refractivity contribution in [2.24, 2.45) is 7.05 Å². The molecule has 0 fully saturated rings. The van der Waals surface area contributed by atoms with Crippen molar-refractivity contribution in [3.05, 3.63) is 82.5 Å². The van der Waals surface area contributed by atoms with E-state index >= 15 is 0 Å². The highest BCUT2D eigenvalue weighted by molar-refractivity contribution is 6.32. The van der Waals surface area contributed by atoms with Crippen LogP contribution >= 0.6 is 11.6 Å². The number of nitrogens with one attached hydrogen (secondary N) is 2. The van der Waals surface area contributed by atoms with Crippen LogP contribution in [-0.2, 0) is 13.2 Å². The zero-order chi connectivity index (χ0) is 28.1. The van der Waals surface area contributed by atoms with Gasteiger partial charge in [-0.1, -0.05) is 11.6 Å². The summed E-state index contributed by atoms with van der Waals surface area (Å²) in [6.45, 7) is 0. The number of alkyl halides is 3. The summed E-state index contributed by atoms with van der Waals surface area (Å²) in [6.07, 6.45) is -3.38. The minimum Gasteiger partial charge on any atom is -0.453 e. The average molecular weight is 563 g/mol. The van der Waals surface area contributed by atoms with Gasteiger partial charge in [0.05, 0.1) is 32.9 Å². The molecule has 0 unspecified atom stereocenters. The summed E-state index contributed by atoms with van der Waals surface area (Å²) in [4.78, 5) is 13.1. The van der Waals surface area contributed by atoms with Crippen molar-refractivity contribution < 1.29 is 31.5 Å². The van der Waals surface area contributed by atoms with Crippen molar-refractivity contribution in [3.63, 3.8) is 0 Å². The van der Waals surface area contributed by atoms with Crippen molar-refractivity contribution >= 4 is 39.9 Å². The summed E-state index contributed by atoms with van der Waals surface area (Å²) in [5, 5.41) is 13.5. The van der Waals surface area contributed by atoms with E-state index < -0.39 is 34.8 Å². The SMILES string of the molecule is Cn1nccc1-c1cc(NC(=O)c2cc(F)cc(C(F)(F)F)c2)c(Oc2cc(F)ccc2Cl)c2c(N)n[nH]c12. The van der Waals surface area contributed by atoms with Gasteiger partial charge in [-0.05, 0) is 42.5 Å². The number of carbonyl (C=O) groups excluding carboxylic acids is 1. The first-order valence-corrected chi connectivity index (χ1v) is 11.4. The molecule has 2 aromatic heterocycles. The molecular formula is C25H16ClF5N6O2. The van der Waals surface area contributed by atoms with Gasteiger partial charge in [-0.2, -0.15) is 23.4 Å². The summed E-state index contributed by atoms with van der Waals surface area (Å²) in [5.41, 5.74) is 5.38. The largest absolute Gasteiger partial charge is 0.453 e. The number of carbonyl (C=O) groups is 1. The molecule has 39 heavy (non-hydrogen) atoms. The van der Waals surface area contributed by atoms with Crippen molar-refractivity contribution in [1.29, 1.82) is 0 Å². The monoisotopic (exact) mass is 562 g/mol. The molecule has 0 saturated heterocycles. The van der Waals surface area contributed by atoms with Crippen LogP contribution in [0.25, 0.3) is 22.2 Å². The number of benzene rings is 3. The molecular weight excluding hydrogens is 547 g/mol. The fraction of sp³-hybridized carbons (Fsp3) is 0.0800. The van der Waals surface area contributed by atoms with E-state index in [9.17, 15) is 26.7 Å². The van der Waals surface area contributed by atoms with Crippen LogP contribution in [0.4, 0.5) is 33.5 Å². The fourth-order valence-corrected chi connectivity index (χ4v) is 4.14. The number of aromatic nitrogens is 4. The summed E-state index contributed by atoms with van der Waals surface area (Å²) < 4.78 is 75.2. The lowest BCUT2D eigenvalue weighted by Gasteiger charge is -2.17. The van der Waals surface area contributed by atoms with Gasteiger partial charge in [-0.3, -0.25) is 14.6 Å². The van der Waals surface area contributed by atoms with Crippen LogP contribution in [0.2, 0.25) is 5.02 Å². The molecule has 0 aliphatic carbocycles. The Morgan fingerprint density at radius 2 is 1.87 bits per heavy atom. The Labute approximate surface area is 221 Å². The number of H-pyrrole nitrogens is 1. The van der Waals surface area contributed by atoms with Crippen molar-refractivity contribution in [1.82, 2.24) is 20.0 Å². The van der Waals surface area contributed by atoms with Gasteiger partial charge in [0.2, 0.25) is 0 Å². The van der Waals surface area contributed by atoms with Gasteiger partial charge in [0, 0.05) is 30.4 Å². The molecule has 4 N–H and O–H groups in total. The van der Waals surface area contributed by atoms with Gasteiger partial charge in [0.15, 0.2) is 11.6 Å². The van der Waals surface area contributed by atoms with Crippen LogP contribution < -0.4 is 15.8 Å². The fourth-order valence-electron chi connectivity index (χ4n) is 3.98. The number of halogens is 6. The highest BCUT2D eigenvalue weighted by atomic mass is 35.5. The highest BCUT2D eigenvalue weighted by Gasteiger charge is 2.32. The minimum absolute atomic E-state index is 0.0135. The maximum Gasteiger partial charge on any atom is 0.416 e. The summed E-state index contributed by atoms with van der Waals surface area (Å²) in [7, 11) is 1.65. The van der Waals surface area contributed by atoms with Crippen molar-refractivity contribution in [3.8, 4) is 22.8 Å². The Hall–Kier alpha value is -4.65. The van der Waals surface area contributed by atoms with Crippen LogP contribution in [0.5, 0.6) is 11.5 Å². The van der Waals surface area contributed by atoms with Gasteiger partial charge in [-0.15, -0.1) is 0 Å². The molecule has 0 aliphatic heterocycles. The molecule has 5 rings (SSSR count). The Bertz CT molecular complexity index is 1750. The number of fused-ring (bicyclic) bond motifs is 1. The molecule has 14 heteroatoms. The van der Waals surface area contributed by atoms with E-state index in [1.54, 1.807) is 13.1 Å². The van der Waals surface area contributed by atoms with E-state index in [-0.39, 0.29) is 39.5 Å². The van der Waals surface area contributed by atoms with E-state index in [2.05, 4.69) is 20.6 Å². The lowest BCUT2D eigenvalue weighted by Crippen LogP contribution is -2.15. The molecule has 0 saturated carbocycles. The second kappa shape index (κ2) is 9.58. The summed E-state index contributed by atoms with van der Waals surface area (Å²) in [5.74, 6) is -3.39. The number of nitrogen functional groups attached to an aromatic ring is 1. The van der Waals surface area contributed by atoms with Crippen LogP contribution in [0.3, 0.4) is 0 Å². The number of hydrogen-bond acceptors (Lipinski definition) is 5. The molecule has 0 aliphatic rings. The average Bonchev–Trinajstić information content (AvgIpc) is 3.47. The third-order valence-corrected chi connectivity index (χ3v) is 6.07. The summed E-state index contributed by atoms with van der Waals surface area (Å²) >= 11 is 6.18. The van der Waals surface area contributed by atoms with Gasteiger partial charge < -0.3 is 15.8 Å². The zero-order valence-electron chi connectivity index (χ0n) is 19.7. The van der Waals surface area contributed by atoms with Gasteiger partial charge in [0.25, 0.3) is 5.91 Å². The summed E-state index contributed by atoms with van der Waals surface area (Å²) in [6, 6.07) is 7.87. The maximum absolute atomic E-state index is 14.0. The Morgan fingerprint density at radius 1 is 1.10 bits per heavy atom. The minimum atomic E-state index is -4.89. The number of amides is 1. The van der Waals surface area contributed by atoms with E-state index in [1.165, 1.54) is 23.0 Å². The Morgan fingerprint density at radius 3 is 2.56 bits per heavy atom. The Balaban J connectivity index is 1.71. The predicted molar refractivity (Wildman–Crippen MR) is 134 cm³/mol. The van der Waals surface area contributed by atoms with Gasteiger partial charge in [-0.25, -0.2) is 8.78 Å². The molecule has 8 nitrogen and oxygen atoms in total. The number of ether oxygens (including phenoxy) is 1. The van der Waals surface area contributed by atoms with Gasteiger partial charge >= 0.3 is 6.18 Å². The van der Waals surface area contributed by atoms with E-state index in [0.29, 0.717) is 28.9 Å². The van der Waals surface area contributed by atoms with E-state index in [1.807, 2.05) is 0 Å². The normalized spacial score (nSPS) is 11.7. The molecule has 0 atom stereocenters. The van der Waals surface area contributed by atoms with Crippen LogP contribution in [0.1, 0.15) is 15.9 Å². The highest BCUT2D eigenvalue weighted by Crippen LogP contribution is 2.45. The standard InChI is InChI=1S/C25H16ClF5N6O2/c1-37-18(4-5-33-37)15-10-17(34-24(38)11-6-12(25(29,30)31)8-14(28)7-11)22(20-21(15)35-36-23(20)32)39-19-9-13(27)2-3-16(19)26/h2-10H,1H3,(H,34,38)(H3,32,35,36). The van der Waals surface area contributed by atoms with E-state index in [4.69, 9.17) is 22.1 Å². The van der Waals surface area contributed by atoms with E-state index in [0.717, 1.165) is 12.1 Å². The van der Waals surface area contributed by atoms with Crippen molar-refractivity contribution in [2.45, 2.75) is 6.18 Å². The number of nitrogens with two attached hydrogens (primary N) is 1. The first-order valence-electron chi connectivity index (χ1n) is 11.0. The number of anilines is 2.